The highest BCUT2D eigenvalue weighted by molar-refractivity contribution is 7.10. The molecule has 0 spiro atoms. The minimum atomic E-state index is 0.0806. The molecule has 0 N–H and O–H groups in total. The van der Waals surface area contributed by atoms with E-state index in [9.17, 15) is 9.59 Å². The summed E-state index contributed by atoms with van der Waals surface area (Å²) in [6, 6.07) is 11.2. The van der Waals surface area contributed by atoms with Gasteiger partial charge >= 0.3 is 0 Å². The van der Waals surface area contributed by atoms with Crippen molar-refractivity contribution in [1.29, 1.82) is 0 Å². The fraction of sp³-hybridized carbons (Fsp3) is 0.556. The molecule has 2 amide bonds. The molecule has 0 saturated carbocycles. The van der Waals surface area contributed by atoms with Crippen molar-refractivity contribution in [3.63, 3.8) is 0 Å². The molecule has 3 heterocycles. The normalized spacial score (nSPS) is 21.4. The van der Waals surface area contributed by atoms with Crippen LogP contribution in [0.3, 0.4) is 0 Å². The van der Waals surface area contributed by atoms with E-state index < -0.39 is 0 Å². The second-order valence-corrected chi connectivity index (χ2v) is 11.0. The number of hydrogen-bond acceptors (Lipinski definition) is 4. The summed E-state index contributed by atoms with van der Waals surface area (Å²) in [4.78, 5) is 33.6. The van der Waals surface area contributed by atoms with Gasteiger partial charge in [-0.05, 0) is 54.3 Å². The fourth-order valence-corrected chi connectivity index (χ4v) is 6.19. The molecular weight excluding hydrogens is 430 g/mol. The molecule has 2 aliphatic heterocycles. The Morgan fingerprint density at radius 1 is 1.06 bits per heavy atom. The van der Waals surface area contributed by atoms with Gasteiger partial charge in [-0.2, -0.15) is 0 Å². The number of aryl methyl sites for hydroxylation is 1. The summed E-state index contributed by atoms with van der Waals surface area (Å²) >= 11 is 1.85. The molecule has 5 nitrogen and oxygen atoms in total. The second kappa shape index (κ2) is 10.4. The highest BCUT2D eigenvalue weighted by Gasteiger charge is 2.33. The maximum absolute atomic E-state index is 13.1. The van der Waals surface area contributed by atoms with Crippen molar-refractivity contribution in [2.75, 3.05) is 32.7 Å². The average Bonchev–Trinajstić information content (AvgIpc) is 3.26. The zero-order chi connectivity index (χ0) is 23.5. The van der Waals surface area contributed by atoms with E-state index in [-0.39, 0.29) is 23.9 Å². The van der Waals surface area contributed by atoms with Crippen LogP contribution in [0.15, 0.2) is 35.7 Å². The van der Waals surface area contributed by atoms with Crippen molar-refractivity contribution in [3.8, 4) is 0 Å². The summed E-state index contributed by atoms with van der Waals surface area (Å²) in [6.45, 7) is 12.1. The van der Waals surface area contributed by atoms with Gasteiger partial charge in [-0.1, -0.05) is 38.1 Å². The van der Waals surface area contributed by atoms with Gasteiger partial charge in [0.25, 0.3) is 0 Å². The molecule has 0 unspecified atom stereocenters. The summed E-state index contributed by atoms with van der Waals surface area (Å²) in [5, 5.41) is 2.20. The summed E-state index contributed by atoms with van der Waals surface area (Å²) in [7, 11) is 0. The summed E-state index contributed by atoms with van der Waals surface area (Å²) in [5.41, 5.74) is 4.04. The molecule has 178 valence electrons. The standard InChI is InChI=1S/C27H37N3O2S/c1-19(2)17-26(32)30-15-14-29(18-21(30)4)25(31)10-13-28-12-9-24-23(11-16-33-24)27(28)22-8-6-5-7-20(22)3/h5-8,11,16,19,21,27H,9-10,12-15,17-18H2,1-4H3/t21-,27+/m0/s1. The largest absolute Gasteiger partial charge is 0.339 e. The Labute approximate surface area is 202 Å². The first kappa shape index (κ1) is 24.0. The Balaban J connectivity index is 1.40. The predicted octanol–water partition coefficient (Wildman–Crippen LogP) is 4.50. The third-order valence-corrected chi connectivity index (χ3v) is 8.04. The third-order valence-electron chi connectivity index (χ3n) is 7.05. The molecule has 1 aromatic heterocycles. The maximum Gasteiger partial charge on any atom is 0.223 e. The third kappa shape index (κ3) is 5.33. The van der Waals surface area contributed by atoms with Gasteiger partial charge in [-0.15, -0.1) is 11.3 Å². The van der Waals surface area contributed by atoms with Crippen molar-refractivity contribution in [3.05, 3.63) is 57.3 Å². The molecule has 33 heavy (non-hydrogen) atoms. The van der Waals surface area contributed by atoms with E-state index in [1.807, 2.05) is 21.1 Å². The van der Waals surface area contributed by atoms with Crippen LogP contribution in [0, 0.1) is 12.8 Å². The van der Waals surface area contributed by atoms with Crippen LogP contribution in [0.1, 0.15) is 61.2 Å². The van der Waals surface area contributed by atoms with Crippen LogP contribution in [-0.4, -0.2) is 65.3 Å². The van der Waals surface area contributed by atoms with Gasteiger partial charge in [-0.3, -0.25) is 14.5 Å². The molecule has 1 saturated heterocycles. The molecule has 2 aromatic rings. The Kier molecular flexibility index (Phi) is 7.55. The van der Waals surface area contributed by atoms with Crippen LogP contribution in [0.5, 0.6) is 0 Å². The molecular formula is C27H37N3O2S. The molecule has 0 bridgehead atoms. The molecule has 2 atom stereocenters. The van der Waals surface area contributed by atoms with Crippen LogP contribution in [0.4, 0.5) is 0 Å². The first-order valence-corrected chi connectivity index (χ1v) is 13.2. The quantitative estimate of drug-likeness (QED) is 0.628. The predicted molar refractivity (Wildman–Crippen MR) is 134 cm³/mol. The lowest BCUT2D eigenvalue weighted by atomic mass is 9.90. The van der Waals surface area contributed by atoms with Crippen molar-refractivity contribution >= 4 is 23.2 Å². The van der Waals surface area contributed by atoms with Crippen molar-refractivity contribution in [2.24, 2.45) is 5.92 Å². The Morgan fingerprint density at radius 3 is 2.58 bits per heavy atom. The lowest BCUT2D eigenvalue weighted by Gasteiger charge is -2.41. The minimum absolute atomic E-state index is 0.0806. The van der Waals surface area contributed by atoms with Crippen molar-refractivity contribution in [2.45, 2.75) is 59.0 Å². The first-order valence-electron chi connectivity index (χ1n) is 12.3. The van der Waals surface area contributed by atoms with Gasteiger partial charge in [0.15, 0.2) is 0 Å². The fourth-order valence-electron chi connectivity index (χ4n) is 5.29. The van der Waals surface area contributed by atoms with Crippen LogP contribution in [0.2, 0.25) is 0 Å². The van der Waals surface area contributed by atoms with Gasteiger partial charge in [0.05, 0.1) is 6.04 Å². The number of thiophene rings is 1. The first-order chi connectivity index (χ1) is 15.8. The number of piperazine rings is 1. The van der Waals surface area contributed by atoms with Crippen LogP contribution in [0.25, 0.3) is 0 Å². The van der Waals surface area contributed by atoms with Gasteiger partial charge in [0, 0.05) is 56.5 Å². The van der Waals surface area contributed by atoms with E-state index >= 15 is 0 Å². The number of hydrogen-bond donors (Lipinski definition) is 0. The summed E-state index contributed by atoms with van der Waals surface area (Å²) in [6.07, 6.45) is 2.16. The van der Waals surface area contributed by atoms with E-state index in [0.29, 0.717) is 38.4 Å². The minimum Gasteiger partial charge on any atom is -0.339 e. The number of rotatable bonds is 6. The van der Waals surface area contributed by atoms with E-state index in [0.717, 1.165) is 19.5 Å². The number of amides is 2. The monoisotopic (exact) mass is 467 g/mol. The summed E-state index contributed by atoms with van der Waals surface area (Å²) < 4.78 is 0. The zero-order valence-corrected chi connectivity index (χ0v) is 21.2. The highest BCUT2D eigenvalue weighted by Crippen LogP contribution is 2.38. The smallest absolute Gasteiger partial charge is 0.223 e. The van der Waals surface area contributed by atoms with Crippen LogP contribution < -0.4 is 0 Å². The van der Waals surface area contributed by atoms with Crippen molar-refractivity contribution in [1.82, 2.24) is 14.7 Å². The number of benzene rings is 1. The van der Waals surface area contributed by atoms with E-state index in [4.69, 9.17) is 0 Å². The molecule has 1 fully saturated rings. The second-order valence-electron chi connectivity index (χ2n) is 9.97. The molecule has 2 aliphatic rings. The lowest BCUT2D eigenvalue weighted by molar-refractivity contribution is -0.143. The Morgan fingerprint density at radius 2 is 1.85 bits per heavy atom. The Hall–Kier alpha value is -2.18. The maximum atomic E-state index is 13.1. The Bertz CT molecular complexity index is 985. The van der Waals surface area contributed by atoms with E-state index in [1.165, 1.54) is 21.6 Å². The average molecular weight is 468 g/mol. The highest BCUT2D eigenvalue weighted by atomic mass is 32.1. The zero-order valence-electron chi connectivity index (χ0n) is 20.4. The van der Waals surface area contributed by atoms with E-state index in [2.05, 4.69) is 68.3 Å². The summed E-state index contributed by atoms with van der Waals surface area (Å²) in [5.74, 6) is 0.779. The topological polar surface area (TPSA) is 43.9 Å². The van der Waals surface area contributed by atoms with Gasteiger partial charge in [-0.25, -0.2) is 0 Å². The van der Waals surface area contributed by atoms with Crippen LogP contribution >= 0.6 is 11.3 Å². The molecule has 0 aliphatic carbocycles. The van der Waals surface area contributed by atoms with Crippen molar-refractivity contribution < 1.29 is 9.59 Å². The van der Waals surface area contributed by atoms with Crippen LogP contribution in [-0.2, 0) is 16.0 Å². The number of carbonyl (C=O) groups excluding carboxylic acids is 2. The molecule has 1 aromatic carbocycles. The van der Waals surface area contributed by atoms with Gasteiger partial charge < -0.3 is 9.80 Å². The van der Waals surface area contributed by atoms with Gasteiger partial charge in [0.2, 0.25) is 11.8 Å². The molecule has 0 radical (unpaired) electrons. The van der Waals surface area contributed by atoms with E-state index in [1.54, 1.807) is 0 Å². The number of carbonyl (C=O) groups is 2. The SMILES string of the molecule is Cc1ccccc1[C@@H]1c2ccsc2CCN1CCC(=O)N1CCN(C(=O)CC(C)C)[C@@H](C)C1. The lowest BCUT2D eigenvalue weighted by Crippen LogP contribution is -2.55. The number of fused-ring (bicyclic) bond motifs is 1. The molecule has 6 heteroatoms. The molecule has 4 rings (SSSR count). The van der Waals surface area contributed by atoms with Gasteiger partial charge in [0.1, 0.15) is 0 Å². The number of nitrogens with zero attached hydrogens (tertiary/aromatic N) is 3.